The maximum Gasteiger partial charge on any atom is 0.227 e. The van der Waals surface area contributed by atoms with Crippen molar-refractivity contribution in [1.29, 1.82) is 0 Å². The summed E-state index contributed by atoms with van der Waals surface area (Å²) in [5.41, 5.74) is 0. The molecule has 1 N–H and O–H groups in total. The fourth-order valence-corrected chi connectivity index (χ4v) is 1.55. The zero-order valence-corrected chi connectivity index (χ0v) is 9.31. The van der Waals surface area contributed by atoms with Crippen molar-refractivity contribution in [3.8, 4) is 0 Å². The van der Waals surface area contributed by atoms with Crippen LogP contribution in [0.25, 0.3) is 0 Å². The van der Waals surface area contributed by atoms with Crippen LogP contribution in [0, 0.1) is 0 Å². The molecule has 0 aromatic carbocycles. The Morgan fingerprint density at radius 1 is 1.69 bits per heavy atom. The van der Waals surface area contributed by atoms with Crippen molar-refractivity contribution in [2.45, 2.75) is 6.42 Å². The zero-order valence-electron chi connectivity index (χ0n) is 6.91. The number of nitrogens with one attached hydrogen (secondary N) is 1. The van der Waals surface area contributed by atoms with E-state index >= 15 is 0 Å². The molecule has 13 heavy (non-hydrogen) atoms. The summed E-state index contributed by atoms with van der Waals surface area (Å²) in [5, 5.41) is 2.60. The molecule has 0 spiro atoms. The number of carbonyl (C=O) groups is 1. The smallest absolute Gasteiger partial charge is 0.227 e. The largest absolute Gasteiger partial charge is 0.384 e. The van der Waals surface area contributed by atoms with Crippen LogP contribution in [0.15, 0.2) is 4.60 Å². The van der Waals surface area contributed by atoms with Gasteiger partial charge in [0.2, 0.25) is 5.91 Å². The van der Waals surface area contributed by atoms with Crippen LogP contribution in [0.3, 0.4) is 0 Å². The lowest BCUT2D eigenvalue weighted by atomic mass is 10.4. The second-order valence-electron chi connectivity index (χ2n) is 2.19. The number of nitrogens with zero attached hydrogens (tertiary/aromatic N) is 2. The van der Waals surface area contributed by atoms with Gasteiger partial charge < -0.3 is 10.1 Å². The molecule has 1 rings (SSSR count). The number of hydrogen-bond acceptors (Lipinski definition) is 5. The minimum Gasteiger partial charge on any atom is -0.384 e. The van der Waals surface area contributed by atoms with E-state index in [1.54, 1.807) is 7.11 Å². The first-order chi connectivity index (χ1) is 6.24. The highest BCUT2D eigenvalue weighted by molar-refractivity contribution is 9.10. The van der Waals surface area contributed by atoms with E-state index in [1.807, 2.05) is 0 Å². The van der Waals surface area contributed by atoms with Crippen LogP contribution in [0.5, 0.6) is 0 Å². The lowest BCUT2D eigenvalue weighted by Gasteiger charge is -2.00. The molecule has 0 atom stereocenters. The topological polar surface area (TPSA) is 64.1 Å². The molecule has 0 radical (unpaired) electrons. The van der Waals surface area contributed by atoms with Crippen LogP contribution >= 0.6 is 27.7 Å². The molecule has 0 fully saturated rings. The molecule has 5 nitrogen and oxygen atoms in total. The Balaban J connectivity index is 2.41. The average molecular weight is 266 g/mol. The van der Waals surface area contributed by atoms with Gasteiger partial charge >= 0.3 is 0 Å². The van der Waals surface area contributed by atoms with Gasteiger partial charge in [0, 0.05) is 7.11 Å². The second kappa shape index (κ2) is 5.25. The standard InChI is InChI=1S/C6H8BrN3O2S/c1-12-3-2-4(11)8-6-5(7)9-13-10-6/h2-3H2,1H3,(H,8,10,11). The number of rotatable bonds is 4. The Morgan fingerprint density at radius 2 is 2.46 bits per heavy atom. The molecule has 7 heteroatoms. The van der Waals surface area contributed by atoms with E-state index < -0.39 is 0 Å². The summed E-state index contributed by atoms with van der Waals surface area (Å²) in [6, 6.07) is 0. The molecule has 1 amide bonds. The van der Waals surface area contributed by atoms with Crippen molar-refractivity contribution in [3.63, 3.8) is 0 Å². The summed E-state index contributed by atoms with van der Waals surface area (Å²) in [4.78, 5) is 11.1. The quantitative estimate of drug-likeness (QED) is 0.891. The predicted octanol–water partition coefficient (Wildman–Crippen LogP) is 1.28. The van der Waals surface area contributed by atoms with Crippen molar-refractivity contribution >= 4 is 39.4 Å². The molecule has 0 aliphatic heterocycles. The number of aromatic nitrogens is 2. The molecule has 0 bridgehead atoms. The lowest BCUT2D eigenvalue weighted by Crippen LogP contribution is -2.14. The summed E-state index contributed by atoms with van der Waals surface area (Å²) in [6.45, 7) is 0.404. The molecule has 0 unspecified atom stereocenters. The normalized spacial score (nSPS) is 10.0. The van der Waals surface area contributed by atoms with Gasteiger partial charge in [0.1, 0.15) is 0 Å². The summed E-state index contributed by atoms with van der Waals surface area (Å²) in [5.74, 6) is 0.335. The molecule has 1 aromatic rings. The van der Waals surface area contributed by atoms with Crippen LogP contribution in [0.2, 0.25) is 0 Å². The van der Waals surface area contributed by atoms with E-state index in [4.69, 9.17) is 4.74 Å². The molecule has 0 aliphatic carbocycles. The van der Waals surface area contributed by atoms with Crippen molar-refractivity contribution in [2.75, 3.05) is 19.0 Å². The number of carbonyl (C=O) groups excluding carboxylic acids is 1. The summed E-state index contributed by atoms with van der Waals surface area (Å²) in [6.07, 6.45) is 0.320. The van der Waals surface area contributed by atoms with Crippen LogP contribution in [-0.4, -0.2) is 28.4 Å². The Hall–Kier alpha value is -0.530. The van der Waals surface area contributed by atoms with E-state index in [-0.39, 0.29) is 5.91 Å². The van der Waals surface area contributed by atoms with Crippen molar-refractivity contribution in [3.05, 3.63) is 4.60 Å². The first-order valence-electron chi connectivity index (χ1n) is 3.51. The van der Waals surface area contributed by atoms with Gasteiger partial charge in [-0.05, 0) is 15.9 Å². The third kappa shape index (κ3) is 3.37. The monoisotopic (exact) mass is 265 g/mol. The fourth-order valence-electron chi connectivity index (χ4n) is 0.642. The van der Waals surface area contributed by atoms with E-state index in [9.17, 15) is 4.79 Å². The molecule has 0 saturated heterocycles. The van der Waals surface area contributed by atoms with Gasteiger partial charge in [0.05, 0.1) is 24.8 Å². The van der Waals surface area contributed by atoms with Gasteiger partial charge in [-0.15, -0.1) is 0 Å². The molecular weight excluding hydrogens is 258 g/mol. The first-order valence-corrected chi connectivity index (χ1v) is 5.03. The molecule has 72 valence electrons. The molecule has 1 aromatic heterocycles. The van der Waals surface area contributed by atoms with Crippen molar-refractivity contribution < 1.29 is 9.53 Å². The number of ether oxygens (including phenoxy) is 1. The lowest BCUT2D eigenvalue weighted by molar-refractivity contribution is -0.117. The van der Waals surface area contributed by atoms with Crippen molar-refractivity contribution in [2.24, 2.45) is 0 Å². The summed E-state index contributed by atoms with van der Waals surface area (Å²) in [7, 11) is 1.55. The van der Waals surface area contributed by atoms with Gasteiger partial charge in [-0.1, -0.05) is 0 Å². The highest BCUT2D eigenvalue weighted by Gasteiger charge is 2.08. The maximum atomic E-state index is 11.1. The Morgan fingerprint density at radius 3 is 3.00 bits per heavy atom. The highest BCUT2D eigenvalue weighted by Crippen LogP contribution is 2.18. The molecule has 0 aliphatic rings. The van der Waals surface area contributed by atoms with Crippen LogP contribution in [0.4, 0.5) is 5.82 Å². The summed E-state index contributed by atoms with van der Waals surface area (Å²) >= 11 is 4.19. The van der Waals surface area contributed by atoms with E-state index in [2.05, 4.69) is 30.0 Å². The molecular formula is C6H8BrN3O2S. The Kier molecular flexibility index (Phi) is 4.26. The van der Waals surface area contributed by atoms with Crippen LogP contribution in [-0.2, 0) is 9.53 Å². The average Bonchev–Trinajstić information content (AvgIpc) is 2.48. The van der Waals surface area contributed by atoms with Gasteiger partial charge in [0.15, 0.2) is 10.4 Å². The highest BCUT2D eigenvalue weighted by atomic mass is 79.9. The third-order valence-electron chi connectivity index (χ3n) is 1.24. The molecule has 1 heterocycles. The van der Waals surface area contributed by atoms with Crippen molar-refractivity contribution in [1.82, 2.24) is 8.75 Å². The van der Waals surface area contributed by atoms with Crippen LogP contribution < -0.4 is 5.32 Å². The zero-order chi connectivity index (χ0) is 9.68. The third-order valence-corrected chi connectivity index (χ3v) is 2.56. The summed E-state index contributed by atoms with van der Waals surface area (Å²) < 4.78 is 13.0. The van der Waals surface area contributed by atoms with E-state index in [1.165, 1.54) is 0 Å². The number of methoxy groups -OCH3 is 1. The van der Waals surface area contributed by atoms with Gasteiger partial charge in [0.25, 0.3) is 0 Å². The minimum absolute atomic E-state index is 0.129. The number of amides is 1. The van der Waals surface area contributed by atoms with E-state index in [0.717, 1.165) is 11.7 Å². The van der Waals surface area contributed by atoms with Crippen LogP contribution in [0.1, 0.15) is 6.42 Å². The van der Waals surface area contributed by atoms with Gasteiger partial charge in [-0.2, -0.15) is 8.75 Å². The Labute approximate surface area is 87.9 Å². The van der Waals surface area contributed by atoms with Gasteiger partial charge in [-0.25, -0.2) is 0 Å². The predicted molar refractivity (Wildman–Crippen MR) is 52.7 cm³/mol. The minimum atomic E-state index is -0.129. The second-order valence-corrected chi connectivity index (χ2v) is 3.47. The molecule has 0 saturated carbocycles. The number of hydrogen-bond donors (Lipinski definition) is 1. The first kappa shape index (κ1) is 10.6. The Bertz CT molecular complexity index is 291. The SMILES string of the molecule is COCCC(=O)Nc1nsnc1Br. The van der Waals surface area contributed by atoms with E-state index in [0.29, 0.717) is 23.4 Å². The number of halogens is 1. The fraction of sp³-hybridized carbons (Fsp3) is 0.500. The maximum absolute atomic E-state index is 11.1. The van der Waals surface area contributed by atoms with Gasteiger partial charge in [-0.3, -0.25) is 4.79 Å². The number of anilines is 1.